The van der Waals surface area contributed by atoms with Crippen LogP contribution in [0.15, 0.2) is 29.4 Å². The molecular weight excluding hydrogens is 446 g/mol. The largest absolute Gasteiger partial charge is 0.352 e. The molecule has 0 radical (unpaired) electrons. The van der Waals surface area contributed by atoms with Crippen LogP contribution < -0.4 is 9.62 Å². The van der Waals surface area contributed by atoms with Gasteiger partial charge in [-0.05, 0) is 44.7 Å². The van der Waals surface area contributed by atoms with Crippen LogP contribution in [0.1, 0.15) is 50.9 Å². The zero-order chi connectivity index (χ0) is 23.3. The molecule has 1 aliphatic rings. The minimum Gasteiger partial charge on any atom is -0.352 e. The lowest BCUT2D eigenvalue weighted by Gasteiger charge is -2.29. The normalized spacial score (nSPS) is 19.0. The molecule has 1 amide bonds. The molecule has 1 N–H and O–H groups in total. The molecule has 176 valence electrons. The molecule has 8 nitrogen and oxygen atoms in total. The zero-order valence-electron chi connectivity index (χ0n) is 19.2. The van der Waals surface area contributed by atoms with Crippen LogP contribution in [0.25, 0.3) is 0 Å². The minimum absolute atomic E-state index is 0.00151. The molecule has 1 aliphatic carbocycles. The van der Waals surface area contributed by atoms with E-state index in [-0.39, 0.29) is 24.2 Å². The van der Waals surface area contributed by atoms with Gasteiger partial charge in [0.1, 0.15) is 0 Å². The van der Waals surface area contributed by atoms with Crippen molar-refractivity contribution in [3.8, 4) is 0 Å². The Bertz CT molecular complexity index is 1020. The van der Waals surface area contributed by atoms with Crippen molar-refractivity contribution in [3.05, 3.63) is 35.7 Å². The van der Waals surface area contributed by atoms with Crippen molar-refractivity contribution in [1.29, 1.82) is 0 Å². The summed E-state index contributed by atoms with van der Waals surface area (Å²) < 4.78 is 28.1. The molecule has 0 saturated heterocycles. The number of benzene rings is 1. The number of rotatable bonds is 9. The maximum Gasteiger partial charge on any atom is 0.232 e. The summed E-state index contributed by atoms with van der Waals surface area (Å²) in [7, 11) is -3.51. The second kappa shape index (κ2) is 10.7. The summed E-state index contributed by atoms with van der Waals surface area (Å²) in [6, 6.07) is 7.58. The Morgan fingerprint density at radius 2 is 1.91 bits per heavy atom. The van der Waals surface area contributed by atoms with Crippen LogP contribution in [-0.4, -0.2) is 47.1 Å². The number of aryl methyl sites for hydroxylation is 1. The molecule has 0 unspecified atom stereocenters. The molecule has 1 aromatic carbocycles. The third-order valence-electron chi connectivity index (χ3n) is 5.91. The molecule has 1 saturated carbocycles. The Hall–Kier alpha value is -2.07. The first-order valence-corrected chi connectivity index (χ1v) is 13.9. The van der Waals surface area contributed by atoms with E-state index in [4.69, 9.17) is 0 Å². The summed E-state index contributed by atoms with van der Waals surface area (Å²) in [6.45, 7) is 6.76. The van der Waals surface area contributed by atoms with E-state index in [2.05, 4.69) is 22.4 Å². The van der Waals surface area contributed by atoms with Gasteiger partial charge in [0.2, 0.25) is 15.9 Å². The Labute approximate surface area is 195 Å². The fraction of sp³-hybridized carbons (Fsp3) is 0.591. The average Bonchev–Trinajstić information content (AvgIpc) is 3.14. The maximum absolute atomic E-state index is 12.5. The van der Waals surface area contributed by atoms with Crippen LogP contribution in [0.5, 0.6) is 0 Å². The van der Waals surface area contributed by atoms with Gasteiger partial charge in [0, 0.05) is 12.6 Å². The van der Waals surface area contributed by atoms with Crippen molar-refractivity contribution in [2.45, 2.75) is 70.7 Å². The fourth-order valence-corrected chi connectivity index (χ4v) is 5.70. The number of nitrogens with zero attached hydrogens (tertiary/aromatic N) is 4. The van der Waals surface area contributed by atoms with Gasteiger partial charge in [-0.3, -0.25) is 9.10 Å². The van der Waals surface area contributed by atoms with E-state index < -0.39 is 10.0 Å². The highest BCUT2D eigenvalue weighted by Crippen LogP contribution is 2.25. The first kappa shape index (κ1) is 24.6. The van der Waals surface area contributed by atoms with E-state index in [1.807, 2.05) is 30.5 Å². The molecule has 2 atom stereocenters. The lowest BCUT2D eigenvalue weighted by molar-refractivity contribution is -0.119. The van der Waals surface area contributed by atoms with Gasteiger partial charge in [0.15, 0.2) is 11.0 Å². The van der Waals surface area contributed by atoms with Crippen LogP contribution in [0, 0.1) is 12.8 Å². The second-order valence-corrected chi connectivity index (χ2v) is 11.3. The smallest absolute Gasteiger partial charge is 0.232 e. The van der Waals surface area contributed by atoms with E-state index in [1.165, 1.54) is 28.7 Å². The summed E-state index contributed by atoms with van der Waals surface area (Å²) in [6.07, 6.45) is 5.77. The molecular formula is C22H33N5O3S2. The number of nitrogens with one attached hydrogen (secondary N) is 1. The third kappa shape index (κ3) is 6.25. The highest BCUT2D eigenvalue weighted by atomic mass is 32.2. The number of sulfonamides is 1. The Balaban J connectivity index is 1.69. The van der Waals surface area contributed by atoms with Crippen molar-refractivity contribution >= 4 is 33.4 Å². The van der Waals surface area contributed by atoms with Crippen LogP contribution in [0.4, 0.5) is 5.69 Å². The second-order valence-electron chi connectivity index (χ2n) is 8.47. The lowest BCUT2D eigenvalue weighted by atomic mass is 9.86. The standard InChI is InChI=1S/C22H33N5O3S2/c1-5-26-20(14-27(32(4,29)30)18-12-10-16(2)11-13-18)24-25-22(26)31-15-21(28)23-19-9-7-6-8-17(19)3/h10-13,17,19H,5-9,14-15H2,1-4H3,(H,23,28)/t17-,19+/m0/s1. The molecule has 0 bridgehead atoms. The van der Waals surface area contributed by atoms with Crippen molar-refractivity contribution in [2.75, 3.05) is 16.3 Å². The molecule has 0 spiro atoms. The summed E-state index contributed by atoms with van der Waals surface area (Å²) >= 11 is 1.33. The van der Waals surface area contributed by atoms with E-state index in [9.17, 15) is 13.2 Å². The van der Waals surface area contributed by atoms with Crippen LogP contribution in [-0.2, 0) is 27.9 Å². The average molecular weight is 480 g/mol. The first-order valence-electron chi connectivity index (χ1n) is 11.1. The summed E-state index contributed by atoms with van der Waals surface area (Å²) in [4.78, 5) is 12.5. The van der Waals surface area contributed by atoms with Gasteiger partial charge in [-0.2, -0.15) is 0 Å². The molecule has 0 aliphatic heterocycles. The Kier molecular flexibility index (Phi) is 8.21. The first-order chi connectivity index (χ1) is 15.2. The van der Waals surface area contributed by atoms with Crippen LogP contribution >= 0.6 is 11.8 Å². The van der Waals surface area contributed by atoms with Gasteiger partial charge < -0.3 is 9.88 Å². The summed E-state index contributed by atoms with van der Waals surface area (Å²) in [5.74, 6) is 1.31. The third-order valence-corrected chi connectivity index (χ3v) is 8.01. The van der Waals surface area contributed by atoms with E-state index in [0.29, 0.717) is 29.1 Å². The maximum atomic E-state index is 12.5. The van der Waals surface area contributed by atoms with E-state index in [0.717, 1.165) is 24.8 Å². The quantitative estimate of drug-likeness (QED) is 0.554. The van der Waals surface area contributed by atoms with Crippen molar-refractivity contribution in [3.63, 3.8) is 0 Å². The molecule has 3 rings (SSSR count). The number of amides is 1. The SMILES string of the molecule is CCn1c(CN(c2ccc(C)cc2)S(C)(=O)=O)nnc1SCC(=O)N[C@@H]1CCCC[C@@H]1C. The number of thioether (sulfide) groups is 1. The van der Waals surface area contributed by atoms with Gasteiger partial charge in [0.25, 0.3) is 0 Å². The van der Waals surface area contributed by atoms with Crippen molar-refractivity contribution in [2.24, 2.45) is 5.92 Å². The van der Waals surface area contributed by atoms with E-state index in [1.54, 1.807) is 12.1 Å². The molecule has 2 aromatic rings. The molecule has 1 fully saturated rings. The van der Waals surface area contributed by atoms with Gasteiger partial charge in [-0.15, -0.1) is 10.2 Å². The Morgan fingerprint density at radius 3 is 2.53 bits per heavy atom. The number of hydrogen-bond acceptors (Lipinski definition) is 6. The van der Waals surface area contributed by atoms with Crippen LogP contribution in [0.3, 0.4) is 0 Å². The molecule has 10 heteroatoms. The van der Waals surface area contributed by atoms with Crippen molar-refractivity contribution in [1.82, 2.24) is 20.1 Å². The summed E-state index contributed by atoms with van der Waals surface area (Å²) in [5, 5.41) is 12.3. The number of anilines is 1. The number of carbonyl (C=O) groups is 1. The highest BCUT2D eigenvalue weighted by molar-refractivity contribution is 7.99. The van der Waals surface area contributed by atoms with Gasteiger partial charge in [0.05, 0.1) is 24.2 Å². The minimum atomic E-state index is -3.51. The summed E-state index contributed by atoms with van der Waals surface area (Å²) in [5.41, 5.74) is 1.64. The van der Waals surface area contributed by atoms with Crippen LogP contribution in [0.2, 0.25) is 0 Å². The van der Waals surface area contributed by atoms with Gasteiger partial charge in [-0.25, -0.2) is 8.42 Å². The zero-order valence-corrected chi connectivity index (χ0v) is 20.9. The van der Waals surface area contributed by atoms with Gasteiger partial charge >= 0.3 is 0 Å². The highest BCUT2D eigenvalue weighted by Gasteiger charge is 2.24. The Morgan fingerprint density at radius 1 is 1.22 bits per heavy atom. The topological polar surface area (TPSA) is 97.2 Å². The van der Waals surface area contributed by atoms with Gasteiger partial charge in [-0.1, -0.05) is 49.2 Å². The van der Waals surface area contributed by atoms with Crippen molar-refractivity contribution < 1.29 is 13.2 Å². The fourth-order valence-electron chi connectivity index (χ4n) is 4.01. The van der Waals surface area contributed by atoms with E-state index >= 15 is 0 Å². The number of hydrogen-bond donors (Lipinski definition) is 1. The number of carbonyl (C=O) groups excluding carboxylic acids is 1. The predicted molar refractivity (Wildman–Crippen MR) is 128 cm³/mol. The monoisotopic (exact) mass is 479 g/mol. The lowest BCUT2D eigenvalue weighted by Crippen LogP contribution is -2.41. The predicted octanol–water partition coefficient (Wildman–Crippen LogP) is 3.36. The molecule has 1 heterocycles. The molecule has 32 heavy (non-hydrogen) atoms. The number of aromatic nitrogens is 3. The molecule has 1 aromatic heterocycles.